The number of benzene rings is 2. The molecule has 2 unspecified atom stereocenters. The first kappa shape index (κ1) is 27.7. The Balaban J connectivity index is 0.00000240. The van der Waals surface area contributed by atoms with Gasteiger partial charge in [-0.15, -0.1) is 0 Å². The van der Waals surface area contributed by atoms with Crippen molar-refractivity contribution in [2.45, 2.75) is 32.5 Å². The number of rotatable bonds is 9. The molecule has 0 amide bonds. The number of piperazine rings is 1. The van der Waals surface area contributed by atoms with Crippen LogP contribution in [0.25, 0.3) is 0 Å². The van der Waals surface area contributed by atoms with E-state index in [0.29, 0.717) is 6.61 Å². The second-order valence-corrected chi connectivity index (χ2v) is 8.38. The Labute approximate surface area is 198 Å². The number of para-hydroxylation sites is 1. The van der Waals surface area contributed by atoms with Gasteiger partial charge >= 0.3 is 0 Å². The fourth-order valence-corrected chi connectivity index (χ4v) is 3.99. The minimum absolute atomic E-state index is 0. The first-order valence-corrected chi connectivity index (χ1v) is 10.8. The summed E-state index contributed by atoms with van der Waals surface area (Å²) in [5.41, 5.74) is 3.53. The molecule has 0 bridgehead atoms. The third-order valence-corrected chi connectivity index (χ3v) is 6.06. The van der Waals surface area contributed by atoms with Crippen molar-refractivity contribution in [3.8, 4) is 5.75 Å². The van der Waals surface area contributed by atoms with E-state index in [1.807, 2.05) is 36.4 Å². The van der Waals surface area contributed by atoms with Crippen LogP contribution in [-0.2, 0) is 0 Å². The topological polar surface area (TPSA) is 58.6 Å². The zero-order valence-electron chi connectivity index (χ0n) is 18.5. The van der Waals surface area contributed by atoms with E-state index in [1.165, 1.54) is 16.0 Å². The SMILES string of the molecule is Cc1ccc(C(O)CC[NH+]2CC[NH+](CC(O)COc3ccccc3)CC2)cc1C.[Cl-].[Cl-]. The summed E-state index contributed by atoms with van der Waals surface area (Å²) in [5, 5.41) is 20.8. The quantitative estimate of drug-likeness (QED) is 0.295. The number of hydrogen-bond acceptors (Lipinski definition) is 3. The maximum absolute atomic E-state index is 10.5. The van der Waals surface area contributed by atoms with Crippen LogP contribution in [0.4, 0.5) is 0 Å². The summed E-state index contributed by atoms with van der Waals surface area (Å²) >= 11 is 0. The van der Waals surface area contributed by atoms with Gasteiger partial charge in [0.05, 0.1) is 12.6 Å². The number of quaternary nitrogens is 2. The van der Waals surface area contributed by atoms with Gasteiger partial charge in [0.15, 0.2) is 0 Å². The summed E-state index contributed by atoms with van der Waals surface area (Å²) in [5.74, 6) is 0.804. The van der Waals surface area contributed by atoms with Crippen molar-refractivity contribution in [1.29, 1.82) is 0 Å². The zero-order valence-corrected chi connectivity index (χ0v) is 20.0. The predicted molar refractivity (Wildman–Crippen MR) is 115 cm³/mol. The molecule has 7 heteroatoms. The second-order valence-electron chi connectivity index (χ2n) is 8.38. The standard InChI is InChI=1S/C24H34N2O3.2ClH/c1-19-8-9-21(16-20(19)2)24(28)10-11-25-12-14-26(15-13-25)17-22(27)18-29-23-6-4-3-5-7-23;;/h3-9,16,22,24,27-28H,10-15,17-18H2,1-2H3;2*1H. The fraction of sp³-hybridized carbons (Fsp3) is 0.500. The van der Waals surface area contributed by atoms with Gasteiger partial charge in [0, 0.05) is 6.42 Å². The monoisotopic (exact) mass is 470 g/mol. The van der Waals surface area contributed by atoms with Crippen molar-refractivity contribution < 1.29 is 49.6 Å². The average Bonchev–Trinajstić information content (AvgIpc) is 2.74. The lowest BCUT2D eigenvalue weighted by Crippen LogP contribution is -3.28. The van der Waals surface area contributed by atoms with Crippen molar-refractivity contribution in [1.82, 2.24) is 0 Å². The largest absolute Gasteiger partial charge is 1.00 e. The Morgan fingerprint density at radius 2 is 1.52 bits per heavy atom. The lowest BCUT2D eigenvalue weighted by Gasteiger charge is -2.31. The van der Waals surface area contributed by atoms with Crippen molar-refractivity contribution in [3.63, 3.8) is 0 Å². The lowest BCUT2D eigenvalue weighted by atomic mass is 10.0. The predicted octanol–water partition coefficient (Wildman–Crippen LogP) is -6.04. The normalized spacial score (nSPS) is 20.1. The summed E-state index contributed by atoms with van der Waals surface area (Å²) in [4.78, 5) is 2.99. The van der Waals surface area contributed by atoms with E-state index in [4.69, 9.17) is 4.74 Å². The highest BCUT2D eigenvalue weighted by Gasteiger charge is 2.25. The Hall–Kier alpha value is -1.34. The average molecular weight is 471 g/mol. The van der Waals surface area contributed by atoms with Crippen molar-refractivity contribution in [3.05, 3.63) is 65.2 Å². The summed E-state index contributed by atoms with van der Waals surface area (Å²) < 4.78 is 5.66. The summed E-state index contributed by atoms with van der Waals surface area (Å²) in [6, 6.07) is 15.9. The van der Waals surface area contributed by atoms with Crippen LogP contribution in [0.1, 0.15) is 29.2 Å². The molecule has 0 aliphatic carbocycles. The molecule has 3 rings (SSSR count). The molecule has 0 aromatic heterocycles. The van der Waals surface area contributed by atoms with E-state index >= 15 is 0 Å². The van der Waals surface area contributed by atoms with Crippen LogP contribution in [-0.4, -0.2) is 62.2 Å². The minimum Gasteiger partial charge on any atom is -1.00 e. The molecular formula is C24H36Cl2N2O3. The molecule has 4 N–H and O–H groups in total. The van der Waals surface area contributed by atoms with E-state index < -0.39 is 6.10 Å². The first-order valence-electron chi connectivity index (χ1n) is 10.8. The molecular weight excluding hydrogens is 435 g/mol. The Kier molecular flexibility index (Phi) is 12.5. The number of ether oxygens (including phenoxy) is 1. The van der Waals surface area contributed by atoms with Gasteiger partial charge < -0.3 is 49.6 Å². The number of hydrogen-bond donors (Lipinski definition) is 4. The van der Waals surface area contributed by atoms with Crippen LogP contribution in [0.3, 0.4) is 0 Å². The van der Waals surface area contributed by atoms with Crippen LogP contribution in [0.2, 0.25) is 0 Å². The third kappa shape index (κ3) is 8.97. The van der Waals surface area contributed by atoms with Crippen LogP contribution < -0.4 is 39.4 Å². The highest BCUT2D eigenvalue weighted by Crippen LogP contribution is 2.19. The molecule has 2 aromatic rings. The van der Waals surface area contributed by atoms with Crippen LogP contribution in [0.5, 0.6) is 5.75 Å². The van der Waals surface area contributed by atoms with Crippen LogP contribution in [0, 0.1) is 13.8 Å². The van der Waals surface area contributed by atoms with E-state index in [0.717, 1.165) is 57.0 Å². The fourth-order valence-electron chi connectivity index (χ4n) is 3.99. The maximum atomic E-state index is 10.5. The molecule has 1 aliphatic heterocycles. The van der Waals surface area contributed by atoms with Gasteiger partial charge in [-0.25, -0.2) is 0 Å². The molecule has 1 saturated heterocycles. The van der Waals surface area contributed by atoms with Gasteiger partial charge in [-0.3, -0.25) is 0 Å². The van der Waals surface area contributed by atoms with Gasteiger partial charge in [0.25, 0.3) is 0 Å². The summed E-state index contributed by atoms with van der Waals surface area (Å²) in [7, 11) is 0. The molecule has 0 radical (unpaired) electrons. The number of aryl methyl sites for hydroxylation is 2. The van der Waals surface area contributed by atoms with Gasteiger partial charge in [-0.1, -0.05) is 36.4 Å². The Morgan fingerprint density at radius 3 is 2.16 bits per heavy atom. The van der Waals surface area contributed by atoms with E-state index in [1.54, 1.807) is 4.90 Å². The lowest BCUT2D eigenvalue weighted by molar-refractivity contribution is -1.01. The van der Waals surface area contributed by atoms with E-state index in [2.05, 4.69) is 26.0 Å². The number of aliphatic hydroxyl groups is 2. The second kappa shape index (κ2) is 13.9. The van der Waals surface area contributed by atoms with E-state index in [9.17, 15) is 10.2 Å². The van der Waals surface area contributed by atoms with Crippen LogP contribution >= 0.6 is 0 Å². The molecule has 31 heavy (non-hydrogen) atoms. The Morgan fingerprint density at radius 1 is 0.871 bits per heavy atom. The molecule has 1 fully saturated rings. The molecule has 0 spiro atoms. The van der Waals surface area contributed by atoms with Crippen molar-refractivity contribution in [2.24, 2.45) is 0 Å². The molecule has 2 atom stereocenters. The Bertz CT molecular complexity index is 756. The van der Waals surface area contributed by atoms with Gasteiger partial charge in [0.1, 0.15) is 51.2 Å². The summed E-state index contributed by atoms with van der Waals surface area (Å²) in [6.45, 7) is 10.5. The van der Waals surface area contributed by atoms with Crippen molar-refractivity contribution in [2.75, 3.05) is 45.9 Å². The van der Waals surface area contributed by atoms with Gasteiger partial charge in [0.2, 0.25) is 0 Å². The molecule has 174 valence electrons. The highest BCUT2D eigenvalue weighted by atomic mass is 35.5. The van der Waals surface area contributed by atoms with Gasteiger partial charge in [-0.05, 0) is 42.7 Å². The van der Waals surface area contributed by atoms with E-state index in [-0.39, 0.29) is 30.9 Å². The molecule has 0 saturated carbocycles. The third-order valence-electron chi connectivity index (χ3n) is 6.06. The maximum Gasteiger partial charge on any atom is 0.137 e. The highest BCUT2D eigenvalue weighted by molar-refractivity contribution is 5.31. The molecule has 1 heterocycles. The molecule has 1 aliphatic rings. The van der Waals surface area contributed by atoms with Gasteiger partial charge in [-0.2, -0.15) is 0 Å². The molecule has 2 aromatic carbocycles. The summed E-state index contributed by atoms with van der Waals surface area (Å²) in [6.07, 6.45) is -0.0387. The van der Waals surface area contributed by atoms with Crippen molar-refractivity contribution >= 4 is 0 Å². The van der Waals surface area contributed by atoms with Crippen LogP contribution in [0.15, 0.2) is 48.5 Å². The number of halogens is 2. The zero-order chi connectivity index (χ0) is 20.6. The molecule has 5 nitrogen and oxygen atoms in total. The number of aliphatic hydroxyl groups excluding tert-OH is 2. The smallest absolute Gasteiger partial charge is 0.137 e. The minimum atomic E-state index is -0.446. The first-order chi connectivity index (χ1) is 14.0. The number of nitrogens with one attached hydrogen (secondary N) is 2.